The fourth-order valence-corrected chi connectivity index (χ4v) is 1.66. The minimum Gasteiger partial charge on any atom is -0.410 e. The Morgan fingerprint density at radius 1 is 1.24 bits per heavy atom. The number of ether oxygens (including phenoxy) is 1. The molecular weight excluding hydrogens is 216 g/mol. The Hall–Kier alpha value is -2.36. The van der Waals surface area contributed by atoms with Gasteiger partial charge < -0.3 is 10.5 Å². The molecule has 0 saturated carbocycles. The normalized spacial score (nSPS) is 9.94. The predicted molar refractivity (Wildman–Crippen MR) is 64.6 cm³/mol. The molecule has 1 amide bonds. The zero-order chi connectivity index (χ0) is 12.3. The van der Waals surface area contributed by atoms with Crippen LogP contribution in [0.15, 0.2) is 42.7 Å². The van der Waals surface area contributed by atoms with Gasteiger partial charge in [0.05, 0.1) is 0 Å². The van der Waals surface area contributed by atoms with E-state index in [-0.39, 0.29) is 0 Å². The van der Waals surface area contributed by atoms with Gasteiger partial charge >= 0.3 is 6.09 Å². The quantitative estimate of drug-likeness (QED) is 0.858. The minimum atomic E-state index is -0.816. The van der Waals surface area contributed by atoms with Crippen molar-refractivity contribution in [1.82, 2.24) is 4.98 Å². The van der Waals surface area contributed by atoms with Crippen LogP contribution in [0, 0.1) is 6.92 Å². The Bertz CT molecular complexity index is 553. The van der Waals surface area contributed by atoms with E-state index < -0.39 is 6.09 Å². The third-order valence-corrected chi connectivity index (χ3v) is 2.41. The summed E-state index contributed by atoms with van der Waals surface area (Å²) in [5.41, 5.74) is 7.84. The second-order valence-corrected chi connectivity index (χ2v) is 3.61. The smallest absolute Gasteiger partial charge is 0.409 e. The number of nitrogens with zero attached hydrogens (tertiary/aromatic N) is 1. The van der Waals surface area contributed by atoms with Crippen molar-refractivity contribution in [3.8, 4) is 16.9 Å². The van der Waals surface area contributed by atoms with Crippen LogP contribution in [0.25, 0.3) is 11.1 Å². The average molecular weight is 228 g/mol. The van der Waals surface area contributed by atoms with Crippen LogP contribution < -0.4 is 10.5 Å². The van der Waals surface area contributed by atoms with Gasteiger partial charge in [0.15, 0.2) is 0 Å². The van der Waals surface area contributed by atoms with Crippen LogP contribution in [0.5, 0.6) is 5.75 Å². The first-order chi connectivity index (χ1) is 8.18. The highest BCUT2D eigenvalue weighted by Gasteiger charge is 2.09. The van der Waals surface area contributed by atoms with Crippen molar-refractivity contribution >= 4 is 6.09 Å². The maximum atomic E-state index is 10.8. The van der Waals surface area contributed by atoms with Crippen LogP contribution >= 0.6 is 0 Å². The summed E-state index contributed by atoms with van der Waals surface area (Å²) in [6.45, 7) is 1.95. The minimum absolute atomic E-state index is 0.453. The molecule has 0 unspecified atom stereocenters. The summed E-state index contributed by atoms with van der Waals surface area (Å²) in [5, 5.41) is 0. The molecular formula is C13H12N2O2. The van der Waals surface area contributed by atoms with Crippen LogP contribution in [0.2, 0.25) is 0 Å². The molecule has 0 fully saturated rings. The van der Waals surface area contributed by atoms with Gasteiger partial charge in [-0.15, -0.1) is 0 Å². The highest BCUT2D eigenvalue weighted by Crippen LogP contribution is 2.31. The second-order valence-electron chi connectivity index (χ2n) is 3.61. The van der Waals surface area contributed by atoms with Crippen LogP contribution in [0.1, 0.15) is 5.56 Å². The number of primary amides is 1. The van der Waals surface area contributed by atoms with Gasteiger partial charge in [-0.05, 0) is 30.2 Å². The molecule has 2 aromatic rings. The van der Waals surface area contributed by atoms with E-state index in [1.807, 2.05) is 25.1 Å². The van der Waals surface area contributed by atoms with Gasteiger partial charge in [0, 0.05) is 18.0 Å². The van der Waals surface area contributed by atoms with Crippen molar-refractivity contribution in [2.24, 2.45) is 5.73 Å². The highest BCUT2D eigenvalue weighted by atomic mass is 16.5. The van der Waals surface area contributed by atoms with Crippen LogP contribution in [-0.4, -0.2) is 11.1 Å². The van der Waals surface area contributed by atoms with E-state index in [1.165, 1.54) is 0 Å². The van der Waals surface area contributed by atoms with E-state index in [0.29, 0.717) is 5.75 Å². The molecule has 1 aromatic carbocycles. The molecule has 17 heavy (non-hydrogen) atoms. The molecule has 0 aliphatic carbocycles. The lowest BCUT2D eigenvalue weighted by Gasteiger charge is -2.10. The van der Waals surface area contributed by atoms with Gasteiger partial charge in [-0.3, -0.25) is 4.98 Å². The van der Waals surface area contributed by atoms with Crippen molar-refractivity contribution in [3.05, 3.63) is 48.3 Å². The number of aromatic nitrogens is 1. The fourth-order valence-electron chi connectivity index (χ4n) is 1.66. The molecule has 0 spiro atoms. The van der Waals surface area contributed by atoms with Crippen molar-refractivity contribution in [1.29, 1.82) is 0 Å². The van der Waals surface area contributed by atoms with Crippen molar-refractivity contribution < 1.29 is 9.53 Å². The van der Waals surface area contributed by atoms with E-state index >= 15 is 0 Å². The van der Waals surface area contributed by atoms with Crippen molar-refractivity contribution in [3.63, 3.8) is 0 Å². The van der Waals surface area contributed by atoms with E-state index in [1.54, 1.807) is 24.5 Å². The molecule has 1 heterocycles. The number of benzene rings is 1. The first-order valence-corrected chi connectivity index (χ1v) is 5.16. The summed E-state index contributed by atoms with van der Waals surface area (Å²) in [6, 6.07) is 9.13. The number of aryl methyl sites for hydroxylation is 1. The number of amides is 1. The van der Waals surface area contributed by atoms with Gasteiger partial charge in [-0.25, -0.2) is 4.79 Å². The standard InChI is InChI=1S/C13H12N2O2/c1-9-8-15-7-6-10(9)11-4-2-3-5-12(11)17-13(14)16/h2-8H,1H3,(H2,14,16). The number of pyridine rings is 1. The number of rotatable bonds is 2. The number of hydrogen-bond acceptors (Lipinski definition) is 3. The molecule has 1 aromatic heterocycles. The lowest BCUT2D eigenvalue weighted by molar-refractivity contribution is 0.211. The molecule has 4 nitrogen and oxygen atoms in total. The number of carbonyl (C=O) groups excluding carboxylic acids is 1. The summed E-state index contributed by atoms with van der Waals surface area (Å²) in [6.07, 6.45) is 2.64. The van der Waals surface area contributed by atoms with Gasteiger partial charge in [0.2, 0.25) is 0 Å². The van der Waals surface area contributed by atoms with Crippen molar-refractivity contribution in [2.75, 3.05) is 0 Å². The van der Waals surface area contributed by atoms with Crippen LogP contribution in [0.3, 0.4) is 0 Å². The third-order valence-electron chi connectivity index (χ3n) is 2.41. The Kier molecular flexibility index (Phi) is 3.05. The van der Waals surface area contributed by atoms with Gasteiger partial charge in [0.25, 0.3) is 0 Å². The molecule has 0 atom stereocenters. The summed E-state index contributed by atoms with van der Waals surface area (Å²) in [5.74, 6) is 0.453. The summed E-state index contributed by atoms with van der Waals surface area (Å²) in [4.78, 5) is 14.9. The van der Waals surface area contributed by atoms with E-state index in [0.717, 1.165) is 16.7 Å². The molecule has 4 heteroatoms. The third kappa shape index (κ3) is 2.42. The fraction of sp³-hybridized carbons (Fsp3) is 0.0769. The molecule has 0 bridgehead atoms. The largest absolute Gasteiger partial charge is 0.410 e. The monoisotopic (exact) mass is 228 g/mol. The number of para-hydroxylation sites is 1. The maximum absolute atomic E-state index is 10.8. The number of hydrogen-bond donors (Lipinski definition) is 1. The Labute approximate surface area is 99.1 Å². The zero-order valence-corrected chi connectivity index (χ0v) is 9.38. The number of carbonyl (C=O) groups is 1. The van der Waals surface area contributed by atoms with Crippen LogP contribution in [-0.2, 0) is 0 Å². The van der Waals surface area contributed by atoms with Gasteiger partial charge in [-0.2, -0.15) is 0 Å². The SMILES string of the molecule is Cc1cnccc1-c1ccccc1OC(N)=O. The van der Waals surface area contributed by atoms with E-state index in [9.17, 15) is 4.79 Å². The second kappa shape index (κ2) is 4.65. The molecule has 2 rings (SSSR count). The topological polar surface area (TPSA) is 65.2 Å². The van der Waals surface area contributed by atoms with E-state index in [4.69, 9.17) is 10.5 Å². The van der Waals surface area contributed by atoms with E-state index in [2.05, 4.69) is 4.98 Å². The molecule has 2 N–H and O–H groups in total. The lowest BCUT2D eigenvalue weighted by Crippen LogP contribution is -2.16. The van der Waals surface area contributed by atoms with Crippen LogP contribution in [0.4, 0.5) is 4.79 Å². The summed E-state index contributed by atoms with van der Waals surface area (Å²) >= 11 is 0. The zero-order valence-electron chi connectivity index (χ0n) is 9.38. The van der Waals surface area contributed by atoms with Crippen molar-refractivity contribution in [2.45, 2.75) is 6.92 Å². The maximum Gasteiger partial charge on any atom is 0.409 e. The molecule has 86 valence electrons. The number of nitrogens with two attached hydrogens (primary N) is 1. The first kappa shape index (κ1) is 11.1. The Morgan fingerprint density at radius 2 is 2.00 bits per heavy atom. The highest BCUT2D eigenvalue weighted by molar-refractivity contribution is 5.77. The molecule has 0 aliphatic heterocycles. The average Bonchev–Trinajstić information content (AvgIpc) is 2.30. The lowest BCUT2D eigenvalue weighted by atomic mass is 10.0. The molecule has 0 radical (unpaired) electrons. The van der Waals surface area contributed by atoms with Gasteiger partial charge in [0.1, 0.15) is 5.75 Å². The molecule has 0 saturated heterocycles. The Balaban J connectivity index is 2.52. The van der Waals surface area contributed by atoms with Gasteiger partial charge in [-0.1, -0.05) is 18.2 Å². The predicted octanol–water partition coefficient (Wildman–Crippen LogP) is 2.51. The summed E-state index contributed by atoms with van der Waals surface area (Å²) in [7, 11) is 0. The Morgan fingerprint density at radius 3 is 2.71 bits per heavy atom. The summed E-state index contributed by atoms with van der Waals surface area (Å²) < 4.78 is 4.97. The first-order valence-electron chi connectivity index (χ1n) is 5.16. The molecule has 0 aliphatic rings.